The van der Waals surface area contributed by atoms with Gasteiger partial charge in [-0.2, -0.15) is 0 Å². The second-order valence-corrected chi connectivity index (χ2v) is 10.8. The van der Waals surface area contributed by atoms with E-state index in [1.54, 1.807) is 0 Å². The summed E-state index contributed by atoms with van der Waals surface area (Å²) in [5.74, 6) is 1.04. The Kier molecular flexibility index (Phi) is 7.41. The van der Waals surface area contributed by atoms with Crippen LogP contribution in [-0.4, -0.2) is 35.7 Å². The molecule has 6 rings (SSSR count). The first-order valence-corrected chi connectivity index (χ1v) is 14.2. The third kappa shape index (κ3) is 4.91. The Morgan fingerprint density at radius 2 is 1.68 bits per heavy atom. The van der Waals surface area contributed by atoms with Crippen molar-refractivity contribution in [2.45, 2.75) is 31.0 Å². The van der Waals surface area contributed by atoms with Crippen molar-refractivity contribution >= 4 is 33.4 Å². The van der Waals surface area contributed by atoms with Gasteiger partial charge in [-0.25, -0.2) is 4.99 Å². The van der Waals surface area contributed by atoms with Crippen LogP contribution in [0.2, 0.25) is 0 Å². The van der Waals surface area contributed by atoms with E-state index in [0.29, 0.717) is 37.6 Å². The number of rotatable bonds is 8. The number of benzene rings is 4. The maximum Gasteiger partial charge on any atom is 0.259 e. The number of carbonyl (C=O) groups is 1. The van der Waals surface area contributed by atoms with Gasteiger partial charge >= 0.3 is 0 Å². The lowest BCUT2D eigenvalue weighted by molar-refractivity contribution is -0.127. The predicted molar refractivity (Wildman–Crippen MR) is 159 cm³/mol. The summed E-state index contributed by atoms with van der Waals surface area (Å²) in [6.07, 6.45) is 0.361. The van der Waals surface area contributed by atoms with E-state index in [2.05, 4.69) is 22.0 Å². The van der Waals surface area contributed by atoms with Gasteiger partial charge in [0, 0.05) is 40.7 Å². The molecule has 1 N–H and O–H groups in total. The number of ether oxygens (including phenoxy) is 2. The van der Waals surface area contributed by atoms with Gasteiger partial charge in [-0.3, -0.25) is 4.79 Å². The van der Waals surface area contributed by atoms with Crippen molar-refractivity contribution in [1.29, 1.82) is 0 Å². The van der Waals surface area contributed by atoms with E-state index in [-0.39, 0.29) is 12.5 Å². The lowest BCUT2D eigenvalue weighted by Gasteiger charge is -2.41. The maximum absolute atomic E-state index is 14.7. The van der Waals surface area contributed by atoms with Crippen LogP contribution in [0.3, 0.4) is 0 Å². The highest BCUT2D eigenvalue weighted by atomic mass is 79.9. The molecule has 202 valence electrons. The number of hydrogen-bond acceptors (Lipinski definition) is 5. The van der Waals surface area contributed by atoms with Crippen molar-refractivity contribution in [3.63, 3.8) is 0 Å². The molecule has 0 fully saturated rings. The van der Waals surface area contributed by atoms with Crippen LogP contribution in [-0.2, 0) is 22.5 Å². The number of aliphatic hydroxyl groups excluding tert-OH is 1. The Hall–Kier alpha value is -3.94. The van der Waals surface area contributed by atoms with Gasteiger partial charge in [0.15, 0.2) is 11.6 Å². The third-order valence-corrected chi connectivity index (χ3v) is 8.09. The number of aliphatic imine (C=N–C) groups is 1. The highest BCUT2D eigenvalue weighted by Crippen LogP contribution is 2.49. The van der Waals surface area contributed by atoms with E-state index in [0.717, 1.165) is 32.4 Å². The van der Waals surface area contributed by atoms with E-state index in [1.807, 2.05) is 102 Å². The lowest BCUT2D eigenvalue weighted by Crippen LogP contribution is -2.55. The SMILES string of the molecule is O=C1N(Cc2ccccc2)c2ccccc2C[C@@]12N=C(c1ccc(OCCCO)cc1)O[C@H]2c1ccccc1Br. The van der Waals surface area contributed by atoms with Gasteiger partial charge in [-0.1, -0.05) is 82.7 Å². The molecule has 2 aliphatic rings. The topological polar surface area (TPSA) is 71.4 Å². The van der Waals surface area contributed by atoms with Crippen LogP contribution in [0.4, 0.5) is 5.69 Å². The number of anilines is 1. The van der Waals surface area contributed by atoms with Crippen LogP contribution >= 0.6 is 15.9 Å². The van der Waals surface area contributed by atoms with E-state index in [4.69, 9.17) is 19.6 Å². The summed E-state index contributed by atoms with van der Waals surface area (Å²) in [7, 11) is 0. The number of halogens is 1. The number of fused-ring (bicyclic) bond motifs is 1. The molecule has 0 saturated carbocycles. The number of carbonyl (C=O) groups excluding carboxylic acids is 1. The van der Waals surface area contributed by atoms with E-state index in [9.17, 15) is 4.79 Å². The third-order valence-electron chi connectivity index (χ3n) is 7.37. The van der Waals surface area contributed by atoms with Crippen LogP contribution in [0, 0.1) is 0 Å². The fourth-order valence-corrected chi connectivity index (χ4v) is 5.91. The normalized spacial score (nSPS) is 19.8. The number of amides is 1. The minimum absolute atomic E-state index is 0.0830. The largest absolute Gasteiger partial charge is 0.494 e. The maximum atomic E-state index is 14.7. The molecule has 0 aliphatic carbocycles. The zero-order valence-corrected chi connectivity index (χ0v) is 23.5. The van der Waals surface area contributed by atoms with Gasteiger partial charge < -0.3 is 19.5 Å². The number of hydrogen-bond donors (Lipinski definition) is 1. The van der Waals surface area contributed by atoms with E-state index >= 15 is 0 Å². The van der Waals surface area contributed by atoms with Gasteiger partial charge in [0.1, 0.15) is 5.75 Å². The smallest absolute Gasteiger partial charge is 0.259 e. The molecule has 2 heterocycles. The van der Waals surface area contributed by atoms with Crippen molar-refractivity contribution in [2.24, 2.45) is 4.99 Å². The molecule has 4 aromatic carbocycles. The molecule has 0 saturated heterocycles. The Bertz CT molecular complexity index is 1540. The van der Waals surface area contributed by atoms with Crippen molar-refractivity contribution in [3.05, 3.63) is 130 Å². The molecular formula is C33H29BrN2O4. The minimum Gasteiger partial charge on any atom is -0.494 e. The first-order valence-electron chi connectivity index (χ1n) is 13.4. The van der Waals surface area contributed by atoms with E-state index in [1.165, 1.54) is 0 Å². The summed E-state index contributed by atoms with van der Waals surface area (Å²) in [6.45, 7) is 0.956. The van der Waals surface area contributed by atoms with Crippen LogP contribution in [0.15, 0.2) is 113 Å². The molecule has 2 aliphatic heterocycles. The summed E-state index contributed by atoms with van der Waals surface area (Å²) >= 11 is 3.70. The van der Waals surface area contributed by atoms with Crippen LogP contribution in [0.5, 0.6) is 5.75 Å². The zero-order chi connectivity index (χ0) is 27.5. The highest BCUT2D eigenvalue weighted by molar-refractivity contribution is 9.10. The Morgan fingerprint density at radius 1 is 0.950 bits per heavy atom. The Balaban J connectivity index is 1.44. The zero-order valence-electron chi connectivity index (χ0n) is 21.9. The van der Waals surface area contributed by atoms with Crippen LogP contribution in [0.1, 0.15) is 34.8 Å². The summed E-state index contributed by atoms with van der Waals surface area (Å²) in [6, 6.07) is 33.4. The van der Waals surface area contributed by atoms with Gasteiger partial charge in [0.05, 0.1) is 13.2 Å². The second kappa shape index (κ2) is 11.3. The Morgan fingerprint density at radius 3 is 2.45 bits per heavy atom. The van der Waals surface area contributed by atoms with Crippen molar-refractivity contribution < 1.29 is 19.4 Å². The summed E-state index contributed by atoms with van der Waals surface area (Å²) < 4.78 is 13.2. The molecule has 6 nitrogen and oxygen atoms in total. The molecule has 1 spiro atoms. The van der Waals surface area contributed by atoms with Gasteiger partial charge in [-0.15, -0.1) is 0 Å². The second-order valence-electron chi connectivity index (χ2n) is 9.99. The first-order chi connectivity index (χ1) is 19.6. The highest BCUT2D eigenvalue weighted by Gasteiger charge is 2.57. The molecule has 4 aromatic rings. The van der Waals surface area contributed by atoms with Gasteiger partial charge in [0.25, 0.3) is 5.91 Å². The fourth-order valence-electron chi connectivity index (χ4n) is 5.41. The average molecular weight is 598 g/mol. The van der Waals surface area contributed by atoms with Gasteiger partial charge in [-0.05, 0) is 47.5 Å². The number of nitrogens with zero attached hydrogens (tertiary/aromatic N) is 2. The lowest BCUT2D eigenvalue weighted by atomic mass is 9.78. The molecule has 1 amide bonds. The quantitative estimate of drug-likeness (QED) is 0.244. The monoisotopic (exact) mass is 596 g/mol. The molecular weight excluding hydrogens is 568 g/mol. The summed E-state index contributed by atoms with van der Waals surface area (Å²) in [5.41, 5.74) is 3.46. The molecule has 40 heavy (non-hydrogen) atoms. The summed E-state index contributed by atoms with van der Waals surface area (Å²) in [5, 5.41) is 9.03. The molecule has 0 aromatic heterocycles. The minimum atomic E-state index is -1.18. The number of aliphatic hydroxyl groups is 1. The molecule has 2 atom stereocenters. The molecule has 0 radical (unpaired) electrons. The molecule has 7 heteroatoms. The van der Waals surface area contributed by atoms with Crippen LogP contribution in [0.25, 0.3) is 0 Å². The summed E-state index contributed by atoms with van der Waals surface area (Å²) in [4.78, 5) is 21.7. The van der Waals surface area contributed by atoms with E-state index < -0.39 is 11.6 Å². The standard InChI is InChI=1S/C33H29BrN2O4/c34-28-13-6-5-12-27(28)30-33(35-31(40-30)24-15-17-26(18-16-24)39-20-8-19-37)21-25-11-4-7-14-29(25)36(32(33)38)22-23-9-2-1-3-10-23/h1-7,9-18,30,37H,8,19-22H2/t30-,33-/m0/s1. The number of para-hydroxylation sites is 1. The van der Waals surface area contributed by atoms with Crippen molar-refractivity contribution in [3.8, 4) is 5.75 Å². The first kappa shape index (κ1) is 26.3. The molecule has 0 unspecified atom stereocenters. The van der Waals surface area contributed by atoms with Crippen molar-refractivity contribution in [2.75, 3.05) is 18.1 Å². The van der Waals surface area contributed by atoms with Crippen LogP contribution < -0.4 is 9.64 Å². The molecule has 0 bridgehead atoms. The van der Waals surface area contributed by atoms with Gasteiger partial charge in [0.2, 0.25) is 5.90 Å². The van der Waals surface area contributed by atoms with Crippen molar-refractivity contribution in [1.82, 2.24) is 0 Å². The Labute approximate surface area is 242 Å². The average Bonchev–Trinajstić information content (AvgIpc) is 3.36. The fraction of sp³-hybridized carbons (Fsp3) is 0.212. The predicted octanol–water partition coefficient (Wildman–Crippen LogP) is 6.26.